The Morgan fingerprint density at radius 2 is 1.82 bits per heavy atom. The van der Waals surface area contributed by atoms with Crippen molar-refractivity contribution in [2.75, 3.05) is 0 Å². The number of hydrogen-bond acceptors (Lipinski definition) is 6. The fourth-order valence-electron chi connectivity index (χ4n) is 1.29. The van der Waals surface area contributed by atoms with E-state index in [0.717, 1.165) is 13.8 Å². The average Bonchev–Trinajstić information content (AvgIpc) is 2.63. The molecule has 0 heterocycles. The zero-order valence-electron chi connectivity index (χ0n) is 9.34. The van der Waals surface area contributed by atoms with Crippen LogP contribution in [0.5, 0.6) is 0 Å². The Bertz CT molecular complexity index is 407. The fourth-order valence-corrected chi connectivity index (χ4v) is 1.29. The van der Waals surface area contributed by atoms with Crippen LogP contribution < -0.4 is 0 Å². The second-order valence-corrected chi connectivity index (χ2v) is 3.38. The van der Waals surface area contributed by atoms with Crippen LogP contribution in [0.2, 0.25) is 0 Å². The third-order valence-corrected chi connectivity index (χ3v) is 1.96. The first kappa shape index (κ1) is 12.9. The molecule has 7 nitrogen and oxygen atoms in total. The van der Waals surface area contributed by atoms with E-state index in [4.69, 9.17) is 9.47 Å². The lowest BCUT2D eigenvalue weighted by molar-refractivity contribution is -0.426. The maximum absolute atomic E-state index is 10.8. The van der Waals surface area contributed by atoms with Gasteiger partial charge in [0.25, 0.3) is 12.0 Å². The summed E-state index contributed by atoms with van der Waals surface area (Å²) in [5.74, 6) is -1.27. The van der Waals surface area contributed by atoms with Crippen molar-refractivity contribution >= 4 is 11.9 Å². The molecule has 1 aliphatic rings. The normalized spacial score (nSPS) is 14.1. The van der Waals surface area contributed by atoms with Gasteiger partial charge in [0, 0.05) is 25.5 Å². The predicted octanol–water partition coefficient (Wildman–Crippen LogP) is 0.929. The van der Waals surface area contributed by atoms with Crippen LogP contribution in [-0.4, -0.2) is 23.2 Å². The first-order chi connectivity index (χ1) is 7.90. The molecular weight excluding hydrogens is 230 g/mol. The highest BCUT2D eigenvalue weighted by molar-refractivity contribution is 5.68. The van der Waals surface area contributed by atoms with Crippen molar-refractivity contribution in [3.8, 4) is 0 Å². The van der Waals surface area contributed by atoms with Crippen molar-refractivity contribution in [1.82, 2.24) is 0 Å². The van der Waals surface area contributed by atoms with Crippen molar-refractivity contribution < 1.29 is 24.0 Å². The summed E-state index contributed by atoms with van der Waals surface area (Å²) >= 11 is 0. The fraction of sp³-hybridized carbons (Fsp3) is 0.400. The SMILES string of the molecule is CC(=O)OC(OC(C)=O)C1=CC=C([N+](=O)[O-])C1. The van der Waals surface area contributed by atoms with Gasteiger partial charge in [-0.1, -0.05) is 0 Å². The van der Waals surface area contributed by atoms with E-state index in [1.165, 1.54) is 12.2 Å². The average molecular weight is 241 g/mol. The van der Waals surface area contributed by atoms with Gasteiger partial charge in [-0.2, -0.15) is 0 Å². The quantitative estimate of drug-likeness (QED) is 0.314. The predicted molar refractivity (Wildman–Crippen MR) is 55.1 cm³/mol. The van der Waals surface area contributed by atoms with Crippen molar-refractivity contribution in [2.45, 2.75) is 26.6 Å². The molecule has 0 aromatic heterocycles. The van der Waals surface area contributed by atoms with Gasteiger partial charge in [0.1, 0.15) is 0 Å². The van der Waals surface area contributed by atoms with Crippen LogP contribution in [0, 0.1) is 10.1 Å². The van der Waals surface area contributed by atoms with E-state index in [-0.39, 0.29) is 12.1 Å². The standard InChI is InChI=1S/C10H11NO6/c1-6(12)16-10(17-7(2)13)8-3-4-9(5-8)11(14)15/h3-4,10H,5H2,1-2H3. The van der Waals surface area contributed by atoms with Gasteiger partial charge in [0.15, 0.2) is 0 Å². The van der Waals surface area contributed by atoms with Crippen molar-refractivity contribution in [3.63, 3.8) is 0 Å². The number of carbonyl (C=O) groups excluding carboxylic acids is 2. The second kappa shape index (κ2) is 5.24. The zero-order chi connectivity index (χ0) is 13.0. The molecule has 0 unspecified atom stereocenters. The highest BCUT2D eigenvalue weighted by Gasteiger charge is 2.28. The molecule has 0 spiro atoms. The molecule has 0 fully saturated rings. The van der Waals surface area contributed by atoms with Crippen LogP contribution in [0.4, 0.5) is 0 Å². The molecule has 0 N–H and O–H groups in total. The lowest BCUT2D eigenvalue weighted by Crippen LogP contribution is -2.24. The molecule has 1 aliphatic carbocycles. The first-order valence-corrected chi connectivity index (χ1v) is 4.78. The molecule has 0 amide bonds. The number of ether oxygens (including phenoxy) is 2. The molecule has 0 saturated carbocycles. The Labute approximate surface area is 96.8 Å². The number of rotatable bonds is 4. The van der Waals surface area contributed by atoms with Gasteiger partial charge in [-0.05, 0) is 6.08 Å². The summed E-state index contributed by atoms with van der Waals surface area (Å²) in [6, 6.07) is 0. The zero-order valence-corrected chi connectivity index (χ0v) is 9.34. The molecule has 0 bridgehead atoms. The Balaban J connectivity index is 2.71. The smallest absolute Gasteiger partial charge is 0.305 e. The summed E-state index contributed by atoms with van der Waals surface area (Å²) in [7, 11) is 0. The van der Waals surface area contributed by atoms with Crippen LogP contribution in [0.1, 0.15) is 20.3 Å². The minimum absolute atomic E-state index is 0.0156. The molecule has 0 aromatic rings. The Morgan fingerprint density at radius 1 is 1.29 bits per heavy atom. The summed E-state index contributed by atoms with van der Waals surface area (Å²) in [6.45, 7) is 2.32. The van der Waals surface area contributed by atoms with Crippen molar-refractivity contribution in [3.05, 3.63) is 33.5 Å². The van der Waals surface area contributed by atoms with Gasteiger partial charge in [0.05, 0.1) is 11.3 Å². The number of nitro groups is 1. The van der Waals surface area contributed by atoms with Crippen LogP contribution in [0.3, 0.4) is 0 Å². The minimum atomic E-state index is -1.20. The van der Waals surface area contributed by atoms with Crippen molar-refractivity contribution in [2.24, 2.45) is 0 Å². The van der Waals surface area contributed by atoms with Crippen LogP contribution >= 0.6 is 0 Å². The second-order valence-electron chi connectivity index (χ2n) is 3.38. The number of hydrogen-bond donors (Lipinski definition) is 0. The lowest BCUT2D eigenvalue weighted by atomic mass is 10.2. The van der Waals surface area contributed by atoms with Crippen LogP contribution in [-0.2, 0) is 19.1 Å². The van der Waals surface area contributed by atoms with Gasteiger partial charge in [-0.15, -0.1) is 0 Å². The number of esters is 2. The molecule has 0 aliphatic heterocycles. The van der Waals surface area contributed by atoms with E-state index >= 15 is 0 Å². The van der Waals surface area contributed by atoms with E-state index in [2.05, 4.69) is 0 Å². The van der Waals surface area contributed by atoms with Gasteiger partial charge in [0.2, 0.25) is 0 Å². The number of nitrogens with zero attached hydrogens (tertiary/aromatic N) is 1. The summed E-state index contributed by atoms with van der Waals surface area (Å²) in [4.78, 5) is 31.6. The first-order valence-electron chi connectivity index (χ1n) is 4.78. The summed E-state index contributed by atoms with van der Waals surface area (Å²) in [5.41, 5.74) is 0.325. The van der Waals surface area contributed by atoms with Crippen LogP contribution in [0.15, 0.2) is 23.4 Å². The summed E-state index contributed by atoms with van der Waals surface area (Å²) in [6.07, 6.45) is 1.49. The van der Waals surface area contributed by atoms with Gasteiger partial charge < -0.3 is 9.47 Å². The highest BCUT2D eigenvalue weighted by atomic mass is 16.7. The van der Waals surface area contributed by atoms with E-state index < -0.39 is 23.2 Å². The van der Waals surface area contributed by atoms with E-state index in [9.17, 15) is 19.7 Å². The summed E-state index contributed by atoms with van der Waals surface area (Å²) in [5, 5.41) is 10.5. The molecule has 0 aromatic carbocycles. The molecule has 17 heavy (non-hydrogen) atoms. The molecule has 0 radical (unpaired) electrons. The molecule has 92 valence electrons. The Kier molecular flexibility index (Phi) is 3.97. The topological polar surface area (TPSA) is 95.7 Å². The van der Waals surface area contributed by atoms with Gasteiger partial charge >= 0.3 is 11.9 Å². The van der Waals surface area contributed by atoms with Gasteiger partial charge in [-0.3, -0.25) is 19.7 Å². The third kappa shape index (κ3) is 3.71. The molecule has 0 saturated heterocycles. The molecular formula is C10H11NO6. The maximum atomic E-state index is 10.8. The maximum Gasteiger partial charge on any atom is 0.305 e. The van der Waals surface area contributed by atoms with Crippen LogP contribution in [0.25, 0.3) is 0 Å². The molecule has 7 heteroatoms. The Morgan fingerprint density at radius 3 is 2.18 bits per heavy atom. The third-order valence-electron chi connectivity index (χ3n) is 1.96. The number of allylic oxidation sites excluding steroid dienone is 3. The van der Waals surface area contributed by atoms with E-state index in [0.29, 0.717) is 5.57 Å². The van der Waals surface area contributed by atoms with E-state index in [1.54, 1.807) is 0 Å². The van der Waals surface area contributed by atoms with Gasteiger partial charge in [-0.25, -0.2) is 0 Å². The van der Waals surface area contributed by atoms with Crippen molar-refractivity contribution in [1.29, 1.82) is 0 Å². The highest BCUT2D eigenvalue weighted by Crippen LogP contribution is 2.24. The number of carbonyl (C=O) groups is 2. The summed E-state index contributed by atoms with van der Waals surface area (Å²) < 4.78 is 9.53. The monoisotopic (exact) mass is 241 g/mol. The van der Waals surface area contributed by atoms with E-state index in [1.807, 2.05) is 0 Å². The Hall–Kier alpha value is -2.18. The molecule has 1 rings (SSSR count). The minimum Gasteiger partial charge on any atom is -0.421 e. The molecule has 0 atom stereocenters. The largest absolute Gasteiger partial charge is 0.421 e. The lowest BCUT2D eigenvalue weighted by Gasteiger charge is -2.17.